The summed E-state index contributed by atoms with van der Waals surface area (Å²) in [5.41, 5.74) is 1.34. The number of benzene rings is 1. The maximum Gasteiger partial charge on any atom is 0.335 e. The molecule has 2 N–H and O–H groups in total. The first-order chi connectivity index (χ1) is 9.70. The van der Waals surface area contributed by atoms with Gasteiger partial charge in [-0.25, -0.2) is 4.79 Å². The second-order valence-electron chi connectivity index (χ2n) is 4.74. The van der Waals surface area contributed by atoms with Gasteiger partial charge in [0.25, 0.3) is 0 Å². The molecule has 0 saturated heterocycles. The summed E-state index contributed by atoms with van der Waals surface area (Å²) < 4.78 is 0. The van der Waals surface area contributed by atoms with Gasteiger partial charge < -0.3 is 10.4 Å². The zero-order chi connectivity index (χ0) is 14.4. The molecule has 0 aliphatic rings. The van der Waals surface area contributed by atoms with Crippen LogP contribution in [-0.4, -0.2) is 11.1 Å². The zero-order valence-corrected chi connectivity index (χ0v) is 12.3. The minimum Gasteiger partial charge on any atom is -0.478 e. The first-order valence-electron chi connectivity index (χ1n) is 6.79. The first-order valence-corrected chi connectivity index (χ1v) is 7.67. The molecular weight excluding hydrogens is 270 g/mol. The number of carboxylic acids is 1. The number of hydrogen-bond acceptors (Lipinski definition) is 3. The van der Waals surface area contributed by atoms with Crippen molar-refractivity contribution in [3.8, 4) is 0 Å². The van der Waals surface area contributed by atoms with Crippen LogP contribution in [0.4, 0.5) is 0 Å². The summed E-state index contributed by atoms with van der Waals surface area (Å²) in [6, 6.07) is 11.6. The van der Waals surface area contributed by atoms with E-state index in [9.17, 15) is 4.79 Å². The fourth-order valence-electron chi connectivity index (χ4n) is 2.18. The molecular formula is C16H19NO2S. The van der Waals surface area contributed by atoms with E-state index in [4.69, 9.17) is 5.11 Å². The lowest BCUT2D eigenvalue weighted by Gasteiger charge is -2.17. The average Bonchev–Trinajstić information content (AvgIpc) is 2.97. The van der Waals surface area contributed by atoms with Crippen molar-refractivity contribution in [2.75, 3.05) is 0 Å². The molecule has 0 fully saturated rings. The molecule has 1 atom stereocenters. The molecule has 0 aliphatic carbocycles. The summed E-state index contributed by atoms with van der Waals surface area (Å²) >= 11 is 1.76. The van der Waals surface area contributed by atoms with Crippen LogP contribution in [0.5, 0.6) is 0 Å². The Hall–Kier alpha value is -1.65. The molecule has 2 aromatic rings. The standard InChI is InChI=1S/C16H19NO2S/c1-2-5-14(15-8-4-9-20-15)17-11-12-6-3-7-13(10-12)16(18)19/h3-4,6-10,14,17H,2,5,11H2,1H3,(H,18,19). The van der Waals surface area contributed by atoms with E-state index in [1.54, 1.807) is 29.5 Å². The average molecular weight is 289 g/mol. The van der Waals surface area contributed by atoms with Gasteiger partial charge in [-0.2, -0.15) is 0 Å². The van der Waals surface area contributed by atoms with Crippen LogP contribution in [0.3, 0.4) is 0 Å². The van der Waals surface area contributed by atoms with Gasteiger partial charge in [0.05, 0.1) is 5.56 Å². The molecule has 2 rings (SSSR count). The summed E-state index contributed by atoms with van der Waals surface area (Å²) in [6.45, 7) is 2.86. The number of nitrogens with one attached hydrogen (secondary N) is 1. The highest BCUT2D eigenvalue weighted by Gasteiger charge is 2.11. The highest BCUT2D eigenvalue weighted by molar-refractivity contribution is 7.10. The van der Waals surface area contributed by atoms with Crippen LogP contribution in [-0.2, 0) is 6.54 Å². The van der Waals surface area contributed by atoms with E-state index >= 15 is 0 Å². The smallest absolute Gasteiger partial charge is 0.335 e. The van der Waals surface area contributed by atoms with E-state index in [1.807, 2.05) is 6.07 Å². The van der Waals surface area contributed by atoms with Gasteiger partial charge in [0.2, 0.25) is 0 Å². The highest BCUT2D eigenvalue weighted by Crippen LogP contribution is 2.23. The number of carboxylic acid groups (broad SMARTS) is 1. The van der Waals surface area contributed by atoms with Crippen molar-refractivity contribution >= 4 is 17.3 Å². The van der Waals surface area contributed by atoms with Crippen LogP contribution in [0, 0.1) is 0 Å². The Balaban J connectivity index is 2.02. The molecule has 1 unspecified atom stereocenters. The molecule has 0 aliphatic heterocycles. The lowest BCUT2D eigenvalue weighted by molar-refractivity contribution is 0.0696. The number of rotatable bonds is 7. The quantitative estimate of drug-likeness (QED) is 0.807. The van der Waals surface area contributed by atoms with Gasteiger partial charge in [-0.3, -0.25) is 0 Å². The topological polar surface area (TPSA) is 49.3 Å². The second-order valence-corrected chi connectivity index (χ2v) is 5.72. The van der Waals surface area contributed by atoms with Crippen molar-refractivity contribution in [1.82, 2.24) is 5.32 Å². The summed E-state index contributed by atoms with van der Waals surface area (Å²) in [5.74, 6) is -0.879. The Kier molecular flexibility index (Phi) is 5.32. The van der Waals surface area contributed by atoms with Crippen molar-refractivity contribution in [2.24, 2.45) is 0 Å². The van der Waals surface area contributed by atoms with Gasteiger partial charge in [-0.05, 0) is 35.6 Å². The molecule has 1 aromatic heterocycles. The second kappa shape index (κ2) is 7.22. The van der Waals surface area contributed by atoms with Gasteiger partial charge in [0.15, 0.2) is 0 Å². The van der Waals surface area contributed by atoms with Crippen LogP contribution in [0.2, 0.25) is 0 Å². The summed E-state index contributed by atoms with van der Waals surface area (Å²) in [4.78, 5) is 12.3. The maximum atomic E-state index is 11.0. The molecule has 0 amide bonds. The molecule has 4 heteroatoms. The highest BCUT2D eigenvalue weighted by atomic mass is 32.1. The number of hydrogen-bond donors (Lipinski definition) is 2. The molecule has 106 valence electrons. The number of aromatic carboxylic acids is 1. The van der Waals surface area contributed by atoms with Gasteiger partial charge in [0.1, 0.15) is 0 Å². The molecule has 1 heterocycles. The van der Waals surface area contributed by atoms with Crippen LogP contribution in [0.1, 0.15) is 46.6 Å². The molecule has 0 radical (unpaired) electrons. The maximum absolute atomic E-state index is 11.0. The number of thiophene rings is 1. The summed E-state index contributed by atoms with van der Waals surface area (Å²) in [5, 5.41) is 14.6. The lowest BCUT2D eigenvalue weighted by Crippen LogP contribution is -2.20. The molecule has 20 heavy (non-hydrogen) atoms. The van der Waals surface area contributed by atoms with Crippen molar-refractivity contribution in [3.05, 3.63) is 57.8 Å². The third kappa shape index (κ3) is 3.92. The molecule has 0 saturated carbocycles. The van der Waals surface area contributed by atoms with E-state index in [0.717, 1.165) is 18.4 Å². The van der Waals surface area contributed by atoms with Gasteiger partial charge in [-0.15, -0.1) is 11.3 Å². The Morgan fingerprint density at radius 3 is 2.85 bits per heavy atom. The van der Waals surface area contributed by atoms with E-state index < -0.39 is 5.97 Å². The van der Waals surface area contributed by atoms with E-state index in [2.05, 4.69) is 29.8 Å². The van der Waals surface area contributed by atoms with Crippen molar-refractivity contribution < 1.29 is 9.90 Å². The van der Waals surface area contributed by atoms with Crippen molar-refractivity contribution in [1.29, 1.82) is 0 Å². The van der Waals surface area contributed by atoms with Crippen LogP contribution >= 0.6 is 11.3 Å². The van der Waals surface area contributed by atoms with E-state index in [1.165, 1.54) is 4.88 Å². The van der Waals surface area contributed by atoms with Crippen LogP contribution < -0.4 is 5.32 Å². The minimum absolute atomic E-state index is 0.340. The molecule has 0 bridgehead atoms. The Morgan fingerprint density at radius 1 is 1.35 bits per heavy atom. The summed E-state index contributed by atoms with van der Waals surface area (Å²) in [6.07, 6.45) is 2.20. The van der Waals surface area contributed by atoms with Crippen molar-refractivity contribution in [3.63, 3.8) is 0 Å². The minimum atomic E-state index is -0.879. The zero-order valence-electron chi connectivity index (χ0n) is 11.5. The SMILES string of the molecule is CCCC(NCc1cccc(C(=O)O)c1)c1cccs1. The van der Waals surface area contributed by atoms with Gasteiger partial charge in [0, 0.05) is 17.5 Å². The Morgan fingerprint density at radius 2 is 2.20 bits per heavy atom. The first kappa shape index (κ1) is 14.8. The summed E-state index contributed by atoms with van der Waals surface area (Å²) in [7, 11) is 0. The van der Waals surface area contributed by atoms with Crippen LogP contribution in [0.25, 0.3) is 0 Å². The third-order valence-corrected chi connectivity index (χ3v) is 4.18. The fourth-order valence-corrected chi connectivity index (χ4v) is 3.02. The lowest BCUT2D eigenvalue weighted by atomic mass is 10.1. The fraction of sp³-hybridized carbons (Fsp3) is 0.312. The Bertz CT molecular complexity index is 551. The normalized spacial score (nSPS) is 12.2. The predicted molar refractivity (Wildman–Crippen MR) is 82.2 cm³/mol. The van der Waals surface area contributed by atoms with Crippen LogP contribution in [0.15, 0.2) is 41.8 Å². The van der Waals surface area contributed by atoms with Crippen molar-refractivity contribution in [2.45, 2.75) is 32.4 Å². The molecule has 0 spiro atoms. The number of carbonyl (C=O) groups is 1. The molecule has 3 nitrogen and oxygen atoms in total. The third-order valence-electron chi connectivity index (χ3n) is 3.19. The monoisotopic (exact) mass is 289 g/mol. The van der Waals surface area contributed by atoms with Gasteiger partial charge in [-0.1, -0.05) is 31.5 Å². The van der Waals surface area contributed by atoms with E-state index in [-0.39, 0.29) is 0 Å². The Labute approximate surface area is 123 Å². The largest absolute Gasteiger partial charge is 0.478 e. The van der Waals surface area contributed by atoms with Gasteiger partial charge >= 0.3 is 5.97 Å². The van der Waals surface area contributed by atoms with E-state index in [0.29, 0.717) is 18.2 Å². The molecule has 1 aromatic carbocycles. The predicted octanol–water partition coefficient (Wildman–Crippen LogP) is 4.08.